The summed E-state index contributed by atoms with van der Waals surface area (Å²) in [6, 6.07) is 5.05. The van der Waals surface area contributed by atoms with Gasteiger partial charge in [-0.25, -0.2) is 0 Å². The highest BCUT2D eigenvalue weighted by Crippen LogP contribution is 2.36. The van der Waals surface area contributed by atoms with Crippen molar-refractivity contribution in [2.24, 2.45) is 0 Å². The number of halogens is 3. The Labute approximate surface area is 135 Å². The Balaban J connectivity index is 2.07. The quantitative estimate of drug-likeness (QED) is 0.820. The normalized spacial score (nSPS) is 10.0. The molecule has 104 valence electrons. The smallest absolute Gasteiger partial charge is 0.157 e. The summed E-state index contributed by atoms with van der Waals surface area (Å²) in [6.45, 7) is 0.185. The van der Waals surface area contributed by atoms with Gasteiger partial charge in [-0.15, -0.1) is 11.3 Å². The Morgan fingerprint density at radius 2 is 1.85 bits per heavy atom. The van der Waals surface area contributed by atoms with Gasteiger partial charge in [0, 0.05) is 20.8 Å². The van der Waals surface area contributed by atoms with E-state index in [0.29, 0.717) is 27.4 Å². The lowest BCUT2D eigenvalue weighted by molar-refractivity contribution is 0.310. The van der Waals surface area contributed by atoms with E-state index in [4.69, 9.17) is 44.6 Å². The number of hydrogen-bond acceptors (Lipinski definition) is 3. The molecule has 1 aromatic carbocycles. The maximum Gasteiger partial charge on any atom is 0.157 e. The van der Waals surface area contributed by atoms with E-state index in [1.807, 2.05) is 11.4 Å². The van der Waals surface area contributed by atoms with Crippen molar-refractivity contribution in [2.75, 3.05) is 6.61 Å². The minimum absolute atomic E-state index is 0.155. The van der Waals surface area contributed by atoms with E-state index in [-0.39, 0.29) is 6.61 Å². The number of rotatable bonds is 3. The second-order valence-corrected chi connectivity index (χ2v) is 6.00. The number of thiophene rings is 1. The Morgan fingerprint density at radius 1 is 1.15 bits per heavy atom. The zero-order chi connectivity index (χ0) is 14.5. The summed E-state index contributed by atoms with van der Waals surface area (Å²) in [6.07, 6.45) is 0. The molecule has 0 saturated heterocycles. The molecular weight excluding hydrogens is 339 g/mol. The van der Waals surface area contributed by atoms with Crippen molar-refractivity contribution in [3.05, 3.63) is 49.1 Å². The molecule has 0 bridgehead atoms. The predicted molar refractivity (Wildman–Crippen MR) is 84.1 cm³/mol. The molecule has 0 aliphatic heterocycles. The summed E-state index contributed by atoms with van der Waals surface area (Å²) in [5.41, 5.74) is 0.843. The lowest BCUT2D eigenvalue weighted by Crippen LogP contribution is -1.94. The van der Waals surface area contributed by atoms with Crippen LogP contribution in [0, 0.1) is 11.8 Å². The highest BCUT2D eigenvalue weighted by atomic mass is 35.5. The fourth-order valence-corrected chi connectivity index (χ4v) is 3.13. The lowest BCUT2D eigenvalue weighted by Gasteiger charge is -2.09. The molecule has 1 N–H and O–H groups in total. The monoisotopic (exact) mass is 346 g/mol. The van der Waals surface area contributed by atoms with E-state index in [2.05, 4.69) is 11.8 Å². The highest BCUT2D eigenvalue weighted by Gasteiger charge is 2.10. The van der Waals surface area contributed by atoms with E-state index in [1.54, 1.807) is 12.1 Å². The maximum absolute atomic E-state index is 8.63. The number of benzene rings is 1. The largest absolute Gasteiger partial charge is 0.485 e. The van der Waals surface area contributed by atoms with Gasteiger partial charge in [0.2, 0.25) is 0 Å². The summed E-state index contributed by atoms with van der Waals surface area (Å²) in [7, 11) is 0. The van der Waals surface area contributed by atoms with E-state index in [1.165, 1.54) is 11.3 Å². The van der Waals surface area contributed by atoms with Crippen molar-refractivity contribution in [2.45, 2.75) is 6.61 Å². The number of aliphatic hydroxyl groups is 1. The molecule has 0 unspecified atom stereocenters. The summed E-state index contributed by atoms with van der Waals surface area (Å²) in [4.78, 5) is 0.981. The van der Waals surface area contributed by atoms with E-state index in [9.17, 15) is 0 Å². The van der Waals surface area contributed by atoms with Crippen molar-refractivity contribution < 1.29 is 9.84 Å². The minimum Gasteiger partial charge on any atom is -0.485 e. The summed E-state index contributed by atoms with van der Waals surface area (Å²) < 4.78 is 5.62. The van der Waals surface area contributed by atoms with Crippen LogP contribution in [0.5, 0.6) is 5.75 Å². The van der Waals surface area contributed by atoms with Gasteiger partial charge in [0.25, 0.3) is 0 Å². The maximum atomic E-state index is 8.63. The zero-order valence-corrected chi connectivity index (χ0v) is 13.2. The topological polar surface area (TPSA) is 29.5 Å². The van der Waals surface area contributed by atoms with Crippen LogP contribution < -0.4 is 4.74 Å². The number of ether oxygens (including phenoxy) is 1. The van der Waals surface area contributed by atoms with Crippen LogP contribution in [0.25, 0.3) is 0 Å². The molecule has 0 fully saturated rings. The van der Waals surface area contributed by atoms with Crippen LogP contribution in [0.2, 0.25) is 15.1 Å². The van der Waals surface area contributed by atoms with Crippen LogP contribution in [-0.4, -0.2) is 11.7 Å². The third kappa shape index (κ3) is 4.05. The van der Waals surface area contributed by atoms with Gasteiger partial charge >= 0.3 is 0 Å². The van der Waals surface area contributed by atoms with Crippen LogP contribution in [0.1, 0.15) is 10.4 Å². The van der Waals surface area contributed by atoms with Crippen LogP contribution in [0.4, 0.5) is 0 Å². The molecule has 2 nitrogen and oxygen atoms in total. The molecule has 0 atom stereocenters. The first kappa shape index (κ1) is 15.5. The molecule has 6 heteroatoms. The average Bonchev–Trinajstić information content (AvgIpc) is 2.83. The molecule has 0 amide bonds. The molecule has 0 aliphatic carbocycles. The van der Waals surface area contributed by atoms with Crippen LogP contribution >= 0.6 is 46.1 Å². The van der Waals surface area contributed by atoms with E-state index in [0.717, 1.165) is 10.4 Å². The third-order valence-electron chi connectivity index (χ3n) is 2.29. The molecule has 0 radical (unpaired) electrons. The third-order valence-corrected chi connectivity index (χ3v) is 3.98. The standard InChI is InChI=1S/C14H9Cl3O2S/c15-10-5-12(16)14(13(17)6-10)19-7-11-4-9(8-20-11)2-1-3-18/h4-6,8,18H,3,7H2. The minimum atomic E-state index is -0.155. The molecular formula is C14H9Cl3O2S. The van der Waals surface area contributed by atoms with Crippen molar-refractivity contribution in [1.82, 2.24) is 0 Å². The Hall–Kier alpha value is -0.890. The summed E-state index contributed by atoms with van der Waals surface area (Å²) in [5.74, 6) is 5.83. The Morgan fingerprint density at radius 3 is 2.50 bits per heavy atom. The highest BCUT2D eigenvalue weighted by molar-refractivity contribution is 7.10. The number of aliphatic hydroxyl groups excluding tert-OH is 1. The van der Waals surface area contributed by atoms with Crippen molar-refractivity contribution in [3.8, 4) is 17.6 Å². The fourth-order valence-electron chi connectivity index (χ4n) is 1.47. The second-order valence-electron chi connectivity index (χ2n) is 3.75. The molecule has 2 aromatic rings. The molecule has 20 heavy (non-hydrogen) atoms. The summed E-state index contributed by atoms with van der Waals surface area (Å²) >= 11 is 19.4. The molecule has 0 saturated carbocycles. The van der Waals surface area contributed by atoms with Gasteiger partial charge in [-0.2, -0.15) is 0 Å². The molecule has 1 heterocycles. The van der Waals surface area contributed by atoms with Crippen LogP contribution in [-0.2, 0) is 6.61 Å². The molecule has 0 spiro atoms. The summed E-state index contributed by atoms with van der Waals surface area (Å²) in [5, 5.41) is 11.7. The molecule has 0 aliphatic rings. The first-order valence-electron chi connectivity index (χ1n) is 5.54. The zero-order valence-electron chi connectivity index (χ0n) is 10.1. The van der Waals surface area contributed by atoms with E-state index >= 15 is 0 Å². The second kappa shape index (κ2) is 7.21. The van der Waals surface area contributed by atoms with Gasteiger partial charge in [-0.1, -0.05) is 46.6 Å². The van der Waals surface area contributed by atoms with Gasteiger partial charge in [0.05, 0.1) is 10.0 Å². The first-order valence-corrected chi connectivity index (χ1v) is 7.56. The Kier molecular flexibility index (Phi) is 5.59. The van der Waals surface area contributed by atoms with Crippen LogP contribution in [0.3, 0.4) is 0 Å². The Bertz CT molecular complexity index is 648. The van der Waals surface area contributed by atoms with Gasteiger partial charge in [-0.3, -0.25) is 0 Å². The van der Waals surface area contributed by atoms with Crippen molar-refractivity contribution in [3.63, 3.8) is 0 Å². The van der Waals surface area contributed by atoms with Crippen molar-refractivity contribution >= 4 is 46.1 Å². The average molecular weight is 348 g/mol. The lowest BCUT2D eigenvalue weighted by atomic mass is 10.3. The van der Waals surface area contributed by atoms with E-state index < -0.39 is 0 Å². The van der Waals surface area contributed by atoms with Gasteiger partial charge in [-0.05, 0) is 18.2 Å². The van der Waals surface area contributed by atoms with Gasteiger partial charge in [0.1, 0.15) is 13.2 Å². The van der Waals surface area contributed by atoms with Crippen molar-refractivity contribution in [1.29, 1.82) is 0 Å². The first-order chi connectivity index (χ1) is 9.60. The SMILES string of the molecule is OCC#Cc1csc(COc2c(Cl)cc(Cl)cc2Cl)c1. The predicted octanol–water partition coefficient (Wildman–Crippen LogP) is 4.63. The fraction of sp³-hybridized carbons (Fsp3) is 0.143. The molecule has 1 aromatic heterocycles. The van der Waals surface area contributed by atoms with Gasteiger partial charge < -0.3 is 9.84 Å². The van der Waals surface area contributed by atoms with Gasteiger partial charge in [0.15, 0.2) is 5.75 Å². The number of hydrogen-bond donors (Lipinski definition) is 1. The molecule has 2 rings (SSSR count). The van der Waals surface area contributed by atoms with Crippen LogP contribution in [0.15, 0.2) is 23.6 Å².